The minimum absolute atomic E-state index is 0.0186. The smallest absolute Gasteiger partial charge is 0.247 e. The van der Waals surface area contributed by atoms with Gasteiger partial charge in [-0.15, -0.1) is 0 Å². The van der Waals surface area contributed by atoms with Gasteiger partial charge in [0.15, 0.2) is 11.7 Å². The molecule has 3 rings (SSSR count). The fraction of sp³-hybridized carbons (Fsp3) is 0.800. The van der Waals surface area contributed by atoms with Crippen LogP contribution in [0.25, 0.3) is 0 Å². The van der Waals surface area contributed by atoms with Gasteiger partial charge in [0.05, 0.1) is 6.07 Å². The third-order valence-electron chi connectivity index (χ3n) is 5.18. The van der Waals surface area contributed by atoms with Crippen molar-refractivity contribution in [1.82, 2.24) is 4.90 Å². The molecule has 4 nitrogen and oxygen atoms in total. The van der Waals surface area contributed by atoms with Crippen molar-refractivity contribution in [3.8, 4) is 6.07 Å². The van der Waals surface area contributed by atoms with Gasteiger partial charge >= 0.3 is 0 Å². The SMILES string of the molecule is N#C[C@H](C(=O)[C@@H]1C[C@H]2CC[C@H]1C2)C(=O)N1CCCC1. The molecule has 0 aromatic carbocycles. The topological polar surface area (TPSA) is 61.2 Å². The molecule has 1 amide bonds. The van der Waals surface area contributed by atoms with E-state index in [2.05, 4.69) is 0 Å². The lowest BCUT2D eigenvalue weighted by Crippen LogP contribution is -2.40. The first-order valence-electron chi connectivity index (χ1n) is 7.43. The van der Waals surface area contributed by atoms with Gasteiger partial charge in [-0.1, -0.05) is 6.42 Å². The fourth-order valence-corrected chi connectivity index (χ4v) is 4.17. The summed E-state index contributed by atoms with van der Waals surface area (Å²) in [4.78, 5) is 26.5. The van der Waals surface area contributed by atoms with Crippen molar-refractivity contribution < 1.29 is 9.59 Å². The summed E-state index contributed by atoms with van der Waals surface area (Å²) in [6.07, 6.45) is 6.36. The van der Waals surface area contributed by atoms with Crippen LogP contribution in [0.5, 0.6) is 0 Å². The molecule has 2 aliphatic carbocycles. The highest BCUT2D eigenvalue weighted by molar-refractivity contribution is 6.05. The Kier molecular flexibility index (Phi) is 3.30. The monoisotopic (exact) mass is 260 g/mol. The molecule has 0 N–H and O–H groups in total. The molecule has 0 radical (unpaired) electrons. The summed E-state index contributed by atoms with van der Waals surface area (Å²) in [5.41, 5.74) is 0. The maximum atomic E-state index is 12.5. The number of nitrogens with zero attached hydrogens (tertiary/aromatic N) is 2. The molecular weight excluding hydrogens is 240 g/mol. The molecule has 4 heteroatoms. The molecule has 102 valence electrons. The van der Waals surface area contributed by atoms with E-state index < -0.39 is 5.92 Å². The number of carbonyl (C=O) groups is 2. The Morgan fingerprint density at radius 3 is 2.42 bits per heavy atom. The number of likely N-dealkylation sites (tertiary alicyclic amines) is 1. The fourth-order valence-electron chi connectivity index (χ4n) is 4.17. The lowest BCUT2D eigenvalue weighted by molar-refractivity contribution is -0.140. The lowest BCUT2D eigenvalue weighted by atomic mass is 9.81. The standard InChI is InChI=1S/C15H20N2O2/c16-9-13(15(19)17-5-1-2-6-17)14(18)12-8-10-3-4-11(12)7-10/h10-13H,1-8H2/t10-,11-,12+,13+/m0/s1. The van der Waals surface area contributed by atoms with Gasteiger partial charge in [0.25, 0.3) is 0 Å². The van der Waals surface area contributed by atoms with Crippen molar-refractivity contribution in [3.63, 3.8) is 0 Å². The average molecular weight is 260 g/mol. The summed E-state index contributed by atoms with van der Waals surface area (Å²) in [7, 11) is 0. The van der Waals surface area contributed by atoms with Gasteiger partial charge in [-0.2, -0.15) is 5.26 Å². The summed E-state index contributed by atoms with van der Waals surface area (Å²) in [5, 5.41) is 9.24. The highest BCUT2D eigenvalue weighted by Gasteiger charge is 2.46. The number of carbonyl (C=O) groups excluding carboxylic acids is 2. The van der Waals surface area contributed by atoms with Gasteiger partial charge in [-0.3, -0.25) is 9.59 Å². The predicted molar refractivity (Wildman–Crippen MR) is 68.9 cm³/mol. The molecule has 0 aromatic rings. The molecule has 0 spiro atoms. The largest absolute Gasteiger partial charge is 0.341 e. The number of rotatable bonds is 3. The van der Waals surface area contributed by atoms with E-state index in [1.165, 1.54) is 6.42 Å². The highest BCUT2D eigenvalue weighted by atomic mass is 16.2. The molecular formula is C15H20N2O2. The van der Waals surface area contributed by atoms with Crippen LogP contribution >= 0.6 is 0 Å². The molecule has 19 heavy (non-hydrogen) atoms. The molecule has 1 aliphatic heterocycles. The van der Waals surface area contributed by atoms with Gasteiger partial charge in [0.2, 0.25) is 5.91 Å². The third kappa shape index (κ3) is 2.16. The zero-order chi connectivity index (χ0) is 13.4. The van der Waals surface area contributed by atoms with Crippen LogP contribution < -0.4 is 0 Å². The molecule has 3 aliphatic rings. The molecule has 0 aromatic heterocycles. The normalized spacial score (nSPS) is 34.3. The molecule has 4 atom stereocenters. The number of hydrogen-bond donors (Lipinski definition) is 0. The van der Waals surface area contributed by atoms with Crippen LogP contribution in [0.15, 0.2) is 0 Å². The Morgan fingerprint density at radius 1 is 1.16 bits per heavy atom. The summed E-state index contributed by atoms with van der Waals surface area (Å²) in [6, 6.07) is 1.97. The Bertz CT molecular complexity index is 434. The number of fused-ring (bicyclic) bond motifs is 2. The summed E-state index contributed by atoms with van der Waals surface area (Å²) in [5.74, 6) is -0.281. The van der Waals surface area contributed by atoms with Crippen molar-refractivity contribution in [2.45, 2.75) is 38.5 Å². The van der Waals surface area contributed by atoms with E-state index in [0.29, 0.717) is 24.9 Å². The number of ketones is 1. The van der Waals surface area contributed by atoms with Crippen LogP contribution in [-0.4, -0.2) is 29.7 Å². The molecule has 0 unspecified atom stereocenters. The van der Waals surface area contributed by atoms with Crippen LogP contribution in [0, 0.1) is 35.0 Å². The average Bonchev–Trinajstić information content (AvgIpc) is 3.15. The van der Waals surface area contributed by atoms with E-state index in [0.717, 1.165) is 32.1 Å². The molecule has 3 fully saturated rings. The van der Waals surface area contributed by atoms with E-state index in [4.69, 9.17) is 0 Å². The zero-order valence-electron chi connectivity index (χ0n) is 11.2. The number of amides is 1. The highest BCUT2D eigenvalue weighted by Crippen LogP contribution is 2.49. The number of Topliss-reactive ketones (excluding diaryl/α,β-unsaturated/α-hetero) is 1. The first-order chi connectivity index (χ1) is 9.20. The maximum absolute atomic E-state index is 12.5. The minimum Gasteiger partial charge on any atom is -0.341 e. The van der Waals surface area contributed by atoms with Crippen molar-refractivity contribution in [1.29, 1.82) is 5.26 Å². The van der Waals surface area contributed by atoms with Crippen LogP contribution in [0.2, 0.25) is 0 Å². The van der Waals surface area contributed by atoms with Crippen LogP contribution in [0.1, 0.15) is 38.5 Å². The minimum atomic E-state index is -1.04. The quantitative estimate of drug-likeness (QED) is 0.726. The second-order valence-corrected chi connectivity index (χ2v) is 6.28. The Morgan fingerprint density at radius 2 is 1.89 bits per heavy atom. The van der Waals surface area contributed by atoms with E-state index in [1.807, 2.05) is 6.07 Å². The molecule has 1 heterocycles. The van der Waals surface area contributed by atoms with E-state index >= 15 is 0 Å². The molecule has 2 bridgehead atoms. The first kappa shape index (κ1) is 12.7. The van der Waals surface area contributed by atoms with E-state index in [1.54, 1.807) is 4.90 Å². The van der Waals surface area contributed by atoms with Gasteiger partial charge in [0, 0.05) is 19.0 Å². The Hall–Kier alpha value is -1.37. The van der Waals surface area contributed by atoms with Crippen molar-refractivity contribution >= 4 is 11.7 Å². The van der Waals surface area contributed by atoms with Crippen molar-refractivity contribution in [2.24, 2.45) is 23.7 Å². The van der Waals surface area contributed by atoms with E-state index in [9.17, 15) is 14.9 Å². The number of hydrogen-bond acceptors (Lipinski definition) is 3. The third-order valence-corrected chi connectivity index (χ3v) is 5.18. The van der Waals surface area contributed by atoms with Crippen molar-refractivity contribution in [3.05, 3.63) is 0 Å². The summed E-state index contributed by atoms with van der Waals surface area (Å²) < 4.78 is 0. The van der Waals surface area contributed by atoms with Crippen LogP contribution in [0.3, 0.4) is 0 Å². The predicted octanol–water partition coefficient (Wildman–Crippen LogP) is 1.75. The van der Waals surface area contributed by atoms with Crippen molar-refractivity contribution in [2.75, 3.05) is 13.1 Å². The molecule has 2 saturated carbocycles. The van der Waals surface area contributed by atoms with Crippen LogP contribution in [0.4, 0.5) is 0 Å². The van der Waals surface area contributed by atoms with Gasteiger partial charge in [0.1, 0.15) is 0 Å². The van der Waals surface area contributed by atoms with E-state index in [-0.39, 0.29) is 17.6 Å². The second-order valence-electron chi connectivity index (χ2n) is 6.28. The van der Waals surface area contributed by atoms with Gasteiger partial charge in [-0.25, -0.2) is 0 Å². The molecule has 1 saturated heterocycles. The van der Waals surface area contributed by atoms with Gasteiger partial charge in [-0.05, 0) is 43.9 Å². The Balaban J connectivity index is 1.70. The summed E-state index contributed by atoms with van der Waals surface area (Å²) >= 11 is 0. The maximum Gasteiger partial charge on any atom is 0.247 e. The Labute approximate surface area is 113 Å². The van der Waals surface area contributed by atoms with Gasteiger partial charge < -0.3 is 4.90 Å². The lowest BCUT2D eigenvalue weighted by Gasteiger charge is -2.24. The first-order valence-corrected chi connectivity index (χ1v) is 7.43. The van der Waals surface area contributed by atoms with Crippen LogP contribution in [-0.2, 0) is 9.59 Å². The zero-order valence-corrected chi connectivity index (χ0v) is 11.2. The summed E-state index contributed by atoms with van der Waals surface area (Å²) in [6.45, 7) is 1.42. The number of nitriles is 1. The second kappa shape index (κ2) is 4.96.